The minimum Gasteiger partial charge on any atom is -0.367 e. The van der Waals surface area contributed by atoms with E-state index in [2.05, 4.69) is 51.6 Å². The lowest BCUT2D eigenvalue weighted by Crippen LogP contribution is -2.34. The van der Waals surface area contributed by atoms with E-state index in [0.717, 1.165) is 25.5 Å². The Morgan fingerprint density at radius 3 is 2.94 bits per heavy atom. The van der Waals surface area contributed by atoms with Gasteiger partial charge in [0.05, 0.1) is 0 Å². The lowest BCUT2D eigenvalue weighted by atomic mass is 10.3. The van der Waals surface area contributed by atoms with Gasteiger partial charge in [0.2, 0.25) is 0 Å². The van der Waals surface area contributed by atoms with E-state index in [4.69, 9.17) is 0 Å². The van der Waals surface area contributed by atoms with Gasteiger partial charge in [0.25, 0.3) is 0 Å². The number of likely N-dealkylation sites (N-methyl/N-ethyl adjacent to an activating group) is 1. The van der Waals surface area contributed by atoms with Gasteiger partial charge < -0.3 is 5.32 Å². The van der Waals surface area contributed by atoms with Crippen LogP contribution in [0.4, 0.5) is 5.82 Å². The second-order valence-corrected chi connectivity index (χ2v) is 4.39. The molecule has 98 valence electrons. The summed E-state index contributed by atoms with van der Waals surface area (Å²) in [6, 6.07) is 4.29. The molecule has 0 spiro atoms. The quantitative estimate of drug-likeness (QED) is 0.811. The van der Waals surface area contributed by atoms with E-state index < -0.39 is 0 Å². The number of fused-ring (bicyclic) bond motifs is 1. The zero-order valence-electron chi connectivity index (χ0n) is 11.0. The highest BCUT2D eigenvalue weighted by Gasteiger charge is 2.06. The fraction of sp³-hybridized carbons (Fsp3) is 0.636. The Labute approximate surface area is 106 Å². The van der Waals surface area contributed by atoms with Crippen LogP contribution in [-0.4, -0.2) is 55.8 Å². The number of aromatic nitrogens is 5. The molecule has 7 nitrogen and oxygen atoms in total. The zero-order valence-corrected chi connectivity index (χ0v) is 11.0. The van der Waals surface area contributed by atoms with Gasteiger partial charge >= 0.3 is 0 Å². The first kappa shape index (κ1) is 12.7. The molecule has 0 aliphatic rings. The highest BCUT2D eigenvalue weighted by molar-refractivity contribution is 5.41. The molecule has 0 bridgehead atoms. The van der Waals surface area contributed by atoms with Crippen molar-refractivity contribution >= 4 is 11.5 Å². The number of rotatable bonds is 6. The van der Waals surface area contributed by atoms with Crippen LogP contribution in [0.15, 0.2) is 12.1 Å². The second-order valence-electron chi connectivity index (χ2n) is 4.39. The van der Waals surface area contributed by atoms with E-state index in [-0.39, 0.29) is 0 Å². The van der Waals surface area contributed by atoms with E-state index in [1.54, 1.807) is 0 Å². The van der Waals surface area contributed by atoms with E-state index in [9.17, 15) is 0 Å². The molecular weight excluding hydrogens is 230 g/mol. The molecule has 0 aliphatic heterocycles. The molecule has 0 unspecified atom stereocenters. The van der Waals surface area contributed by atoms with Crippen LogP contribution in [-0.2, 0) is 0 Å². The third-order valence-electron chi connectivity index (χ3n) is 2.91. The highest BCUT2D eigenvalue weighted by atomic mass is 15.6. The summed E-state index contributed by atoms with van der Waals surface area (Å²) < 4.78 is 1.42. The minimum atomic E-state index is 0.562. The maximum Gasteiger partial charge on any atom is 0.200 e. The van der Waals surface area contributed by atoms with Crippen LogP contribution < -0.4 is 5.32 Å². The third-order valence-corrected chi connectivity index (χ3v) is 2.91. The first-order valence-electron chi connectivity index (χ1n) is 6.24. The summed E-state index contributed by atoms with van der Waals surface area (Å²) in [6.45, 7) is 9.48. The highest BCUT2D eigenvalue weighted by Crippen LogP contribution is 2.03. The first-order valence-corrected chi connectivity index (χ1v) is 6.24. The van der Waals surface area contributed by atoms with Gasteiger partial charge in [-0.05, 0) is 43.0 Å². The van der Waals surface area contributed by atoms with Gasteiger partial charge in [0.15, 0.2) is 5.65 Å². The number of anilines is 1. The predicted octanol–water partition coefficient (Wildman–Crippen LogP) is 0.661. The van der Waals surface area contributed by atoms with Crippen molar-refractivity contribution in [2.75, 3.05) is 25.0 Å². The predicted molar refractivity (Wildman–Crippen MR) is 69.4 cm³/mol. The standard InChI is InChI=1S/C11H19N7/c1-4-17(9(2)3)8-7-12-10-5-6-11-13-15-16-18(11)14-10/h5-6,9H,4,7-8H2,1-3H3,(H,12,14). The van der Waals surface area contributed by atoms with Crippen molar-refractivity contribution < 1.29 is 0 Å². The first-order chi connectivity index (χ1) is 8.70. The van der Waals surface area contributed by atoms with Crippen LogP contribution in [0.2, 0.25) is 0 Å². The van der Waals surface area contributed by atoms with Gasteiger partial charge in [0, 0.05) is 19.1 Å². The van der Waals surface area contributed by atoms with Crippen molar-refractivity contribution in [2.45, 2.75) is 26.8 Å². The molecule has 0 fully saturated rings. The summed E-state index contributed by atoms with van der Waals surface area (Å²) in [7, 11) is 0. The summed E-state index contributed by atoms with van der Waals surface area (Å²) in [4.78, 5) is 2.39. The maximum atomic E-state index is 4.25. The van der Waals surface area contributed by atoms with Crippen LogP contribution in [0, 0.1) is 0 Å². The molecule has 7 heteroatoms. The molecule has 2 rings (SSSR count). The average Bonchev–Trinajstić information content (AvgIpc) is 2.81. The summed E-state index contributed by atoms with van der Waals surface area (Å²) >= 11 is 0. The largest absolute Gasteiger partial charge is 0.367 e. The lowest BCUT2D eigenvalue weighted by Gasteiger charge is -2.24. The smallest absolute Gasteiger partial charge is 0.200 e. The maximum absolute atomic E-state index is 4.25. The van der Waals surface area contributed by atoms with Gasteiger partial charge in [-0.15, -0.1) is 14.8 Å². The SMILES string of the molecule is CCN(CCNc1ccc2nnnn2n1)C(C)C. The summed E-state index contributed by atoms with van der Waals surface area (Å²) in [6.07, 6.45) is 0. The van der Waals surface area contributed by atoms with Crippen molar-refractivity contribution in [3.8, 4) is 0 Å². The zero-order chi connectivity index (χ0) is 13.0. The number of hydrogen-bond acceptors (Lipinski definition) is 6. The van der Waals surface area contributed by atoms with Gasteiger partial charge in [-0.3, -0.25) is 4.90 Å². The van der Waals surface area contributed by atoms with Crippen LogP contribution in [0.3, 0.4) is 0 Å². The minimum absolute atomic E-state index is 0.562. The van der Waals surface area contributed by atoms with Gasteiger partial charge in [-0.2, -0.15) is 0 Å². The Kier molecular flexibility index (Phi) is 4.03. The molecule has 2 heterocycles. The molecule has 0 aromatic carbocycles. The van der Waals surface area contributed by atoms with Crippen molar-refractivity contribution in [3.05, 3.63) is 12.1 Å². The Bertz CT molecular complexity index is 493. The number of nitrogens with zero attached hydrogens (tertiary/aromatic N) is 6. The molecule has 0 radical (unpaired) electrons. The third kappa shape index (κ3) is 2.92. The van der Waals surface area contributed by atoms with E-state index in [0.29, 0.717) is 11.7 Å². The Morgan fingerprint density at radius 2 is 2.22 bits per heavy atom. The Balaban J connectivity index is 1.89. The monoisotopic (exact) mass is 249 g/mol. The lowest BCUT2D eigenvalue weighted by molar-refractivity contribution is 0.243. The fourth-order valence-corrected chi connectivity index (χ4v) is 1.85. The molecule has 2 aromatic heterocycles. The molecule has 0 saturated heterocycles. The summed E-state index contributed by atoms with van der Waals surface area (Å²) in [5.74, 6) is 0.787. The molecule has 0 saturated carbocycles. The van der Waals surface area contributed by atoms with Crippen LogP contribution in [0.25, 0.3) is 5.65 Å². The molecule has 0 aliphatic carbocycles. The van der Waals surface area contributed by atoms with E-state index >= 15 is 0 Å². The molecule has 1 N–H and O–H groups in total. The van der Waals surface area contributed by atoms with Crippen molar-refractivity contribution in [1.29, 1.82) is 0 Å². The Hall–Kier alpha value is -1.76. The van der Waals surface area contributed by atoms with Crippen molar-refractivity contribution in [1.82, 2.24) is 30.2 Å². The van der Waals surface area contributed by atoms with Crippen LogP contribution in [0.1, 0.15) is 20.8 Å². The van der Waals surface area contributed by atoms with Gasteiger partial charge in [-0.25, -0.2) is 0 Å². The number of tetrazole rings is 1. The van der Waals surface area contributed by atoms with E-state index in [1.807, 2.05) is 12.1 Å². The average molecular weight is 249 g/mol. The summed E-state index contributed by atoms with van der Waals surface area (Å²) in [5, 5.41) is 18.7. The molecule has 0 amide bonds. The second kappa shape index (κ2) is 5.72. The number of nitrogens with one attached hydrogen (secondary N) is 1. The molecule has 0 atom stereocenters. The van der Waals surface area contributed by atoms with Gasteiger partial charge in [0.1, 0.15) is 5.82 Å². The molecular formula is C11H19N7. The topological polar surface area (TPSA) is 71.2 Å². The normalized spacial score (nSPS) is 11.6. The van der Waals surface area contributed by atoms with Gasteiger partial charge in [-0.1, -0.05) is 6.92 Å². The van der Waals surface area contributed by atoms with E-state index in [1.165, 1.54) is 4.63 Å². The van der Waals surface area contributed by atoms with Crippen molar-refractivity contribution in [3.63, 3.8) is 0 Å². The van der Waals surface area contributed by atoms with Crippen molar-refractivity contribution in [2.24, 2.45) is 0 Å². The summed E-state index contributed by atoms with van der Waals surface area (Å²) in [5.41, 5.74) is 0.651. The number of hydrogen-bond donors (Lipinski definition) is 1. The van der Waals surface area contributed by atoms with Crippen LogP contribution >= 0.6 is 0 Å². The Morgan fingerprint density at radius 1 is 1.39 bits per heavy atom. The molecule has 18 heavy (non-hydrogen) atoms. The molecule has 2 aromatic rings. The van der Waals surface area contributed by atoms with Crippen LogP contribution in [0.5, 0.6) is 0 Å². The fourth-order valence-electron chi connectivity index (χ4n) is 1.85.